The van der Waals surface area contributed by atoms with Crippen LogP contribution in [0.4, 0.5) is 0 Å². The van der Waals surface area contributed by atoms with Gasteiger partial charge in [0, 0.05) is 12.1 Å². The molecule has 2 saturated carbocycles. The maximum atomic E-state index is 12.3. The second-order valence-electron chi connectivity index (χ2n) is 6.47. The van der Waals surface area contributed by atoms with Crippen LogP contribution >= 0.6 is 0 Å². The summed E-state index contributed by atoms with van der Waals surface area (Å²) < 4.78 is 5.31. The quantitative estimate of drug-likeness (QED) is 0.727. The summed E-state index contributed by atoms with van der Waals surface area (Å²) in [5, 5.41) is 3.41. The van der Waals surface area contributed by atoms with Crippen molar-refractivity contribution in [2.24, 2.45) is 5.92 Å². The van der Waals surface area contributed by atoms with Gasteiger partial charge in [-0.15, -0.1) is 0 Å². The molecule has 4 heteroatoms. The van der Waals surface area contributed by atoms with Crippen molar-refractivity contribution in [3.05, 3.63) is 0 Å². The molecular weight excluding hydrogens is 252 g/mol. The van der Waals surface area contributed by atoms with Crippen molar-refractivity contribution in [2.75, 3.05) is 20.2 Å². The third-order valence-corrected chi connectivity index (χ3v) is 5.19. The minimum atomic E-state index is -0.451. The number of hydrogen-bond acceptors (Lipinski definition) is 4. The molecule has 20 heavy (non-hydrogen) atoms. The lowest BCUT2D eigenvalue weighted by molar-refractivity contribution is -0.151. The average molecular weight is 282 g/mol. The summed E-state index contributed by atoms with van der Waals surface area (Å²) in [6, 6.07) is 1.13. The molecule has 0 aromatic carbocycles. The van der Waals surface area contributed by atoms with Gasteiger partial charge < -0.3 is 15.0 Å². The normalized spacial score (nSPS) is 31.6. The van der Waals surface area contributed by atoms with Crippen LogP contribution in [0.3, 0.4) is 0 Å². The van der Waals surface area contributed by atoms with E-state index in [0.29, 0.717) is 18.7 Å². The first-order chi connectivity index (χ1) is 9.54. The lowest BCUT2D eigenvalue weighted by Gasteiger charge is -2.33. The Morgan fingerprint density at radius 2 is 2.10 bits per heavy atom. The highest BCUT2D eigenvalue weighted by Gasteiger charge is 2.48. The van der Waals surface area contributed by atoms with Gasteiger partial charge in [0.2, 0.25) is 0 Å². The highest BCUT2D eigenvalue weighted by Crippen LogP contribution is 2.39. The van der Waals surface area contributed by atoms with Crippen molar-refractivity contribution in [3.63, 3.8) is 0 Å². The van der Waals surface area contributed by atoms with E-state index in [9.17, 15) is 4.79 Å². The molecule has 0 aromatic heterocycles. The summed E-state index contributed by atoms with van der Waals surface area (Å²) in [6.45, 7) is 7.55. The Balaban J connectivity index is 2.00. The van der Waals surface area contributed by atoms with Crippen molar-refractivity contribution in [1.29, 1.82) is 0 Å². The van der Waals surface area contributed by atoms with E-state index in [2.05, 4.69) is 31.1 Å². The average Bonchev–Trinajstić information content (AvgIpc) is 3.19. The summed E-state index contributed by atoms with van der Waals surface area (Å²) >= 11 is 0. The van der Waals surface area contributed by atoms with Gasteiger partial charge >= 0.3 is 5.97 Å². The molecule has 0 amide bonds. The van der Waals surface area contributed by atoms with Crippen LogP contribution in [0.15, 0.2) is 0 Å². The fourth-order valence-electron chi connectivity index (χ4n) is 3.64. The van der Waals surface area contributed by atoms with E-state index >= 15 is 0 Å². The van der Waals surface area contributed by atoms with Crippen LogP contribution in [0.2, 0.25) is 0 Å². The zero-order chi connectivity index (χ0) is 14.8. The minimum Gasteiger partial charge on any atom is -0.465 e. The third-order valence-electron chi connectivity index (χ3n) is 5.19. The first-order valence-corrected chi connectivity index (χ1v) is 8.18. The number of esters is 1. The number of nitrogens with zero attached hydrogens (tertiary/aromatic N) is 1. The van der Waals surface area contributed by atoms with Crippen molar-refractivity contribution in [2.45, 2.75) is 70.5 Å². The predicted octanol–water partition coefficient (Wildman–Crippen LogP) is 2.18. The summed E-state index contributed by atoms with van der Waals surface area (Å²) in [4.78, 5) is 14.8. The Bertz CT molecular complexity index is 343. The molecule has 3 unspecified atom stereocenters. The Kier molecular flexibility index (Phi) is 5.08. The number of ether oxygens (including phenoxy) is 1. The second-order valence-corrected chi connectivity index (χ2v) is 6.47. The van der Waals surface area contributed by atoms with E-state index in [1.807, 2.05) is 6.92 Å². The summed E-state index contributed by atoms with van der Waals surface area (Å²) in [5.74, 6) is 0.813. The zero-order valence-electron chi connectivity index (χ0n) is 13.4. The second kappa shape index (κ2) is 6.44. The molecule has 4 nitrogen and oxygen atoms in total. The molecule has 0 aromatic rings. The first-order valence-electron chi connectivity index (χ1n) is 8.18. The summed E-state index contributed by atoms with van der Waals surface area (Å²) in [6.07, 6.45) is 5.60. The van der Waals surface area contributed by atoms with Crippen molar-refractivity contribution >= 4 is 5.97 Å². The number of nitrogens with one attached hydrogen (secondary N) is 1. The molecule has 3 atom stereocenters. The molecule has 0 spiro atoms. The zero-order valence-corrected chi connectivity index (χ0v) is 13.4. The number of likely N-dealkylation sites (N-methyl/N-ethyl adjacent to an activating group) is 1. The largest absolute Gasteiger partial charge is 0.465 e. The SMILES string of the molecule is CCNC1(C(=O)OCC)CCC(N(C)C(C)C2CC2)C1. The van der Waals surface area contributed by atoms with E-state index < -0.39 is 5.54 Å². The Morgan fingerprint density at radius 3 is 2.65 bits per heavy atom. The number of carbonyl (C=O) groups is 1. The lowest BCUT2D eigenvalue weighted by Crippen LogP contribution is -2.52. The fourth-order valence-corrected chi connectivity index (χ4v) is 3.64. The number of rotatable bonds is 7. The molecule has 0 radical (unpaired) electrons. The monoisotopic (exact) mass is 282 g/mol. The van der Waals surface area contributed by atoms with Gasteiger partial charge in [0.1, 0.15) is 5.54 Å². The Labute approximate surface area is 123 Å². The van der Waals surface area contributed by atoms with Crippen LogP contribution in [0, 0.1) is 5.92 Å². The van der Waals surface area contributed by atoms with Gasteiger partial charge in [-0.25, -0.2) is 0 Å². The van der Waals surface area contributed by atoms with Crippen LogP contribution in [-0.2, 0) is 9.53 Å². The maximum Gasteiger partial charge on any atom is 0.326 e. The minimum absolute atomic E-state index is 0.0585. The molecule has 0 bridgehead atoms. The van der Waals surface area contributed by atoms with Gasteiger partial charge in [-0.3, -0.25) is 4.79 Å². The molecule has 0 saturated heterocycles. The molecular formula is C16H30N2O2. The third kappa shape index (κ3) is 3.17. The van der Waals surface area contributed by atoms with E-state index in [0.717, 1.165) is 31.7 Å². The molecule has 2 aliphatic rings. The van der Waals surface area contributed by atoms with Gasteiger partial charge in [-0.1, -0.05) is 6.92 Å². The van der Waals surface area contributed by atoms with Crippen LogP contribution in [0.25, 0.3) is 0 Å². The topological polar surface area (TPSA) is 41.6 Å². The van der Waals surface area contributed by atoms with E-state index in [4.69, 9.17) is 4.74 Å². The van der Waals surface area contributed by atoms with Crippen LogP contribution in [0.1, 0.15) is 52.9 Å². The first kappa shape index (κ1) is 15.8. The molecule has 0 heterocycles. The van der Waals surface area contributed by atoms with Gasteiger partial charge in [-0.05, 0) is 65.5 Å². The van der Waals surface area contributed by atoms with Crippen molar-refractivity contribution in [3.8, 4) is 0 Å². The molecule has 2 fully saturated rings. The smallest absolute Gasteiger partial charge is 0.326 e. The lowest BCUT2D eigenvalue weighted by atomic mass is 9.96. The molecule has 1 N–H and O–H groups in total. The molecule has 2 aliphatic carbocycles. The molecule has 0 aliphatic heterocycles. The van der Waals surface area contributed by atoms with E-state index in [1.165, 1.54) is 12.8 Å². The van der Waals surface area contributed by atoms with Gasteiger partial charge in [0.15, 0.2) is 0 Å². The highest BCUT2D eigenvalue weighted by atomic mass is 16.5. The van der Waals surface area contributed by atoms with Crippen LogP contribution in [0.5, 0.6) is 0 Å². The van der Waals surface area contributed by atoms with Crippen molar-refractivity contribution < 1.29 is 9.53 Å². The fraction of sp³-hybridized carbons (Fsp3) is 0.938. The standard InChI is InChI=1S/C16H30N2O2/c1-5-17-16(15(19)20-6-2)10-9-14(11-16)18(4)12(3)13-7-8-13/h12-14,17H,5-11H2,1-4H3. The molecule has 116 valence electrons. The van der Waals surface area contributed by atoms with Gasteiger partial charge in [-0.2, -0.15) is 0 Å². The van der Waals surface area contributed by atoms with Crippen LogP contribution in [-0.4, -0.2) is 48.7 Å². The number of hydrogen-bond donors (Lipinski definition) is 1. The van der Waals surface area contributed by atoms with Gasteiger partial charge in [0.05, 0.1) is 6.61 Å². The summed E-state index contributed by atoms with van der Waals surface area (Å²) in [7, 11) is 2.22. The Hall–Kier alpha value is -0.610. The van der Waals surface area contributed by atoms with Crippen LogP contribution < -0.4 is 5.32 Å². The van der Waals surface area contributed by atoms with Gasteiger partial charge in [0.25, 0.3) is 0 Å². The number of carbonyl (C=O) groups excluding carboxylic acids is 1. The maximum absolute atomic E-state index is 12.3. The predicted molar refractivity (Wildman–Crippen MR) is 80.6 cm³/mol. The van der Waals surface area contributed by atoms with E-state index in [1.54, 1.807) is 0 Å². The summed E-state index contributed by atoms with van der Waals surface area (Å²) in [5.41, 5.74) is -0.451. The van der Waals surface area contributed by atoms with Crippen molar-refractivity contribution in [1.82, 2.24) is 10.2 Å². The Morgan fingerprint density at radius 1 is 1.40 bits per heavy atom. The van der Waals surface area contributed by atoms with E-state index in [-0.39, 0.29) is 5.97 Å². The highest BCUT2D eigenvalue weighted by molar-refractivity contribution is 5.81. The molecule has 2 rings (SSSR count).